The van der Waals surface area contributed by atoms with Crippen LogP contribution in [-0.4, -0.2) is 35.3 Å². The van der Waals surface area contributed by atoms with Gasteiger partial charge in [0, 0.05) is 13.2 Å². The first-order chi connectivity index (χ1) is 8.40. The molecule has 0 aliphatic heterocycles. The Balaban J connectivity index is 3.07. The van der Waals surface area contributed by atoms with Crippen molar-refractivity contribution >= 4 is 10.0 Å². The molecule has 0 aliphatic rings. The zero-order valence-corrected chi connectivity index (χ0v) is 11.3. The van der Waals surface area contributed by atoms with Crippen LogP contribution < -0.4 is 9.46 Å². The van der Waals surface area contributed by atoms with Gasteiger partial charge in [0.25, 0.3) is 0 Å². The molecule has 0 aliphatic carbocycles. The van der Waals surface area contributed by atoms with Gasteiger partial charge in [0.1, 0.15) is 16.5 Å². The molecule has 0 spiro atoms. The predicted octanol–water partition coefficient (Wildman–Crippen LogP) is 1.15. The van der Waals surface area contributed by atoms with Gasteiger partial charge in [0.15, 0.2) is 0 Å². The summed E-state index contributed by atoms with van der Waals surface area (Å²) in [7, 11) is -1.05. The molecule has 0 radical (unpaired) electrons. The lowest BCUT2D eigenvalue weighted by atomic mass is 10.3. The van der Waals surface area contributed by atoms with Crippen molar-refractivity contribution in [2.75, 3.05) is 20.8 Å². The van der Waals surface area contributed by atoms with Crippen molar-refractivity contribution in [3.8, 4) is 5.75 Å². The number of hydrogen-bond acceptors (Lipinski definition) is 4. The highest BCUT2D eigenvalue weighted by atomic mass is 32.2. The Morgan fingerprint density at radius 3 is 2.61 bits per heavy atom. The summed E-state index contributed by atoms with van der Waals surface area (Å²) >= 11 is 0. The lowest BCUT2D eigenvalue weighted by molar-refractivity contribution is 0.180. The molecule has 0 aromatic heterocycles. The van der Waals surface area contributed by atoms with Crippen LogP contribution >= 0.6 is 0 Å². The first-order valence-electron chi connectivity index (χ1n) is 5.25. The molecule has 102 valence electrons. The fourth-order valence-electron chi connectivity index (χ4n) is 1.47. The average Bonchev–Trinajstić information content (AvgIpc) is 2.28. The van der Waals surface area contributed by atoms with Crippen LogP contribution in [0.25, 0.3) is 0 Å². The minimum atomic E-state index is -3.84. The summed E-state index contributed by atoms with van der Waals surface area (Å²) in [6.45, 7) is 1.86. The van der Waals surface area contributed by atoms with Gasteiger partial charge in [-0.3, -0.25) is 0 Å². The highest BCUT2D eigenvalue weighted by Gasteiger charge is 2.22. The predicted molar refractivity (Wildman–Crippen MR) is 64.6 cm³/mol. The van der Waals surface area contributed by atoms with Gasteiger partial charge in [0.2, 0.25) is 10.0 Å². The van der Waals surface area contributed by atoms with E-state index in [0.717, 1.165) is 12.1 Å². The molecule has 0 fully saturated rings. The van der Waals surface area contributed by atoms with E-state index in [9.17, 15) is 12.8 Å². The number of rotatable bonds is 6. The minimum absolute atomic E-state index is 0.0912. The van der Waals surface area contributed by atoms with Gasteiger partial charge in [-0.15, -0.1) is 0 Å². The minimum Gasteiger partial charge on any atom is -0.495 e. The number of sulfonamides is 1. The zero-order valence-electron chi connectivity index (χ0n) is 10.4. The molecule has 5 nitrogen and oxygen atoms in total. The molecule has 1 aromatic rings. The summed E-state index contributed by atoms with van der Waals surface area (Å²) in [5.41, 5.74) is 0. The molecule has 0 heterocycles. The summed E-state index contributed by atoms with van der Waals surface area (Å²) in [5.74, 6) is -0.552. The fourth-order valence-corrected chi connectivity index (χ4v) is 2.88. The summed E-state index contributed by atoms with van der Waals surface area (Å²) in [5, 5.41) is 0. The van der Waals surface area contributed by atoms with Crippen LogP contribution in [0.4, 0.5) is 4.39 Å². The standard InChI is InChI=1S/C11H16FNO4S/c1-8(7-16-2)13-18(14,15)11-6-9(12)4-5-10(11)17-3/h4-6,8,13H,7H2,1-3H3. The average molecular weight is 277 g/mol. The molecule has 1 rings (SSSR count). The number of nitrogens with one attached hydrogen (secondary N) is 1. The highest BCUT2D eigenvalue weighted by molar-refractivity contribution is 7.89. The van der Waals surface area contributed by atoms with Gasteiger partial charge in [-0.2, -0.15) is 0 Å². The molecule has 0 saturated heterocycles. The van der Waals surface area contributed by atoms with Gasteiger partial charge in [0.05, 0.1) is 13.7 Å². The number of ether oxygens (including phenoxy) is 2. The van der Waals surface area contributed by atoms with E-state index < -0.39 is 21.9 Å². The maximum absolute atomic E-state index is 13.1. The van der Waals surface area contributed by atoms with Crippen molar-refractivity contribution in [3.63, 3.8) is 0 Å². The Morgan fingerprint density at radius 2 is 2.06 bits per heavy atom. The molecule has 1 aromatic carbocycles. The number of benzene rings is 1. The van der Waals surface area contributed by atoms with E-state index in [1.807, 2.05) is 0 Å². The van der Waals surface area contributed by atoms with Crippen LogP contribution in [0.5, 0.6) is 5.75 Å². The van der Waals surface area contributed by atoms with Crippen LogP contribution in [0, 0.1) is 5.82 Å². The second-order valence-electron chi connectivity index (χ2n) is 3.77. The third-order valence-electron chi connectivity index (χ3n) is 2.19. The second-order valence-corrected chi connectivity index (χ2v) is 5.46. The van der Waals surface area contributed by atoms with Crippen LogP contribution in [0.3, 0.4) is 0 Å². The zero-order chi connectivity index (χ0) is 13.8. The Bertz CT molecular complexity index is 504. The van der Waals surface area contributed by atoms with Crippen molar-refractivity contribution in [3.05, 3.63) is 24.0 Å². The van der Waals surface area contributed by atoms with E-state index in [-0.39, 0.29) is 17.3 Å². The number of hydrogen-bond donors (Lipinski definition) is 1. The quantitative estimate of drug-likeness (QED) is 0.847. The Hall–Kier alpha value is -1.18. The van der Waals surface area contributed by atoms with Crippen molar-refractivity contribution in [2.24, 2.45) is 0 Å². The number of halogens is 1. The molecule has 18 heavy (non-hydrogen) atoms. The van der Waals surface area contributed by atoms with E-state index in [0.29, 0.717) is 0 Å². The van der Waals surface area contributed by atoms with Gasteiger partial charge >= 0.3 is 0 Å². The van der Waals surface area contributed by atoms with E-state index in [1.54, 1.807) is 6.92 Å². The fraction of sp³-hybridized carbons (Fsp3) is 0.455. The van der Waals surface area contributed by atoms with Crippen molar-refractivity contribution in [2.45, 2.75) is 17.9 Å². The Morgan fingerprint density at radius 1 is 1.39 bits per heavy atom. The largest absolute Gasteiger partial charge is 0.495 e. The molecule has 0 amide bonds. The van der Waals surface area contributed by atoms with Crippen molar-refractivity contribution in [1.29, 1.82) is 0 Å². The van der Waals surface area contributed by atoms with Crippen LogP contribution in [0.1, 0.15) is 6.92 Å². The Labute approximate surface area is 106 Å². The maximum atomic E-state index is 13.1. The van der Waals surface area contributed by atoms with Gasteiger partial charge in [-0.25, -0.2) is 17.5 Å². The maximum Gasteiger partial charge on any atom is 0.244 e. The lowest BCUT2D eigenvalue weighted by Gasteiger charge is -2.15. The molecule has 1 unspecified atom stereocenters. The van der Waals surface area contributed by atoms with E-state index >= 15 is 0 Å². The second kappa shape index (κ2) is 6.12. The number of methoxy groups -OCH3 is 2. The summed E-state index contributed by atoms with van der Waals surface area (Å²) in [6.07, 6.45) is 0. The van der Waals surface area contributed by atoms with Crippen molar-refractivity contribution in [1.82, 2.24) is 4.72 Å². The van der Waals surface area contributed by atoms with E-state index in [4.69, 9.17) is 9.47 Å². The lowest BCUT2D eigenvalue weighted by Crippen LogP contribution is -2.35. The summed E-state index contributed by atoms with van der Waals surface area (Å²) in [6, 6.07) is 2.90. The molecule has 1 N–H and O–H groups in total. The van der Waals surface area contributed by atoms with Crippen molar-refractivity contribution < 1.29 is 22.3 Å². The SMILES string of the molecule is COCC(C)NS(=O)(=O)c1cc(F)ccc1OC. The third-order valence-corrected chi connectivity index (χ3v) is 3.80. The smallest absolute Gasteiger partial charge is 0.244 e. The molecule has 1 atom stereocenters. The van der Waals surface area contributed by atoms with Gasteiger partial charge in [-0.1, -0.05) is 0 Å². The van der Waals surface area contributed by atoms with Crippen LogP contribution in [-0.2, 0) is 14.8 Å². The van der Waals surface area contributed by atoms with Crippen LogP contribution in [0.15, 0.2) is 23.1 Å². The summed E-state index contributed by atoms with van der Waals surface area (Å²) in [4.78, 5) is -0.229. The normalized spacial score (nSPS) is 13.3. The van der Waals surface area contributed by atoms with E-state index in [2.05, 4.69) is 4.72 Å². The Kier molecular flexibility index (Phi) is 5.06. The molecular weight excluding hydrogens is 261 g/mol. The topological polar surface area (TPSA) is 64.6 Å². The monoisotopic (exact) mass is 277 g/mol. The summed E-state index contributed by atoms with van der Waals surface area (Å²) < 4.78 is 49.3. The molecule has 7 heteroatoms. The van der Waals surface area contributed by atoms with Crippen LogP contribution in [0.2, 0.25) is 0 Å². The highest BCUT2D eigenvalue weighted by Crippen LogP contribution is 2.24. The first-order valence-corrected chi connectivity index (χ1v) is 6.74. The van der Waals surface area contributed by atoms with Gasteiger partial charge < -0.3 is 9.47 Å². The molecular formula is C11H16FNO4S. The molecule has 0 saturated carbocycles. The molecule has 0 bridgehead atoms. The first kappa shape index (κ1) is 14.9. The van der Waals surface area contributed by atoms with E-state index in [1.165, 1.54) is 20.3 Å². The van der Waals surface area contributed by atoms with Gasteiger partial charge in [-0.05, 0) is 25.1 Å². The third kappa shape index (κ3) is 3.66.